The zero-order chi connectivity index (χ0) is 24.4. The highest BCUT2D eigenvalue weighted by Crippen LogP contribution is 2.20. The van der Waals surface area contributed by atoms with E-state index in [1.807, 2.05) is 56.3 Å². The number of benzene rings is 2. The first-order valence-electron chi connectivity index (χ1n) is 11.3. The van der Waals surface area contributed by atoms with Crippen LogP contribution in [0.1, 0.15) is 44.2 Å². The Kier molecular flexibility index (Phi) is 9.91. The summed E-state index contributed by atoms with van der Waals surface area (Å²) in [6, 6.07) is 16.4. The number of likely N-dealkylation sites (N-methyl/N-ethyl adjacent to an activating group) is 1. The molecule has 0 aromatic heterocycles. The van der Waals surface area contributed by atoms with Crippen molar-refractivity contribution in [1.29, 1.82) is 0 Å². The number of hydrogen-bond acceptors (Lipinski definition) is 4. The van der Waals surface area contributed by atoms with Gasteiger partial charge in [0.15, 0.2) is 0 Å². The Morgan fingerprint density at radius 3 is 2.12 bits per heavy atom. The molecule has 2 aromatic carbocycles. The molecular formula is C25H35N3O4S. The second-order valence-electron chi connectivity index (χ2n) is 8.00. The normalized spacial score (nSPS) is 12.1. The van der Waals surface area contributed by atoms with Crippen molar-refractivity contribution in [2.24, 2.45) is 0 Å². The van der Waals surface area contributed by atoms with Gasteiger partial charge in [-0.3, -0.25) is 13.9 Å². The second-order valence-corrected chi connectivity index (χ2v) is 9.91. The molecule has 33 heavy (non-hydrogen) atoms. The van der Waals surface area contributed by atoms with Crippen LogP contribution in [0.5, 0.6) is 0 Å². The van der Waals surface area contributed by atoms with Crippen LogP contribution in [-0.2, 0) is 32.6 Å². The van der Waals surface area contributed by atoms with Gasteiger partial charge in [0.25, 0.3) is 0 Å². The molecule has 2 rings (SSSR count). The molecule has 0 spiro atoms. The number of aryl methyl sites for hydroxylation is 1. The molecule has 0 saturated heterocycles. The fourth-order valence-electron chi connectivity index (χ4n) is 3.77. The lowest BCUT2D eigenvalue weighted by molar-refractivity contribution is -0.141. The van der Waals surface area contributed by atoms with Crippen molar-refractivity contribution in [2.45, 2.75) is 52.1 Å². The summed E-state index contributed by atoms with van der Waals surface area (Å²) in [5.74, 6) is -0.389. The number of nitrogens with zero attached hydrogens (tertiary/aromatic N) is 2. The van der Waals surface area contributed by atoms with E-state index in [9.17, 15) is 18.0 Å². The number of hydrogen-bond donors (Lipinski definition) is 1. The average molecular weight is 474 g/mol. The van der Waals surface area contributed by atoms with Gasteiger partial charge in [-0.15, -0.1) is 0 Å². The third-order valence-corrected chi connectivity index (χ3v) is 6.81. The topological polar surface area (TPSA) is 86.8 Å². The third kappa shape index (κ3) is 7.60. The maximum absolute atomic E-state index is 13.2. The molecule has 180 valence electrons. The van der Waals surface area contributed by atoms with Gasteiger partial charge in [-0.25, -0.2) is 8.42 Å². The molecule has 2 aromatic rings. The van der Waals surface area contributed by atoms with Crippen LogP contribution >= 0.6 is 0 Å². The molecule has 0 fully saturated rings. The van der Waals surface area contributed by atoms with Crippen molar-refractivity contribution in [3.05, 3.63) is 65.7 Å². The van der Waals surface area contributed by atoms with Gasteiger partial charge in [-0.1, -0.05) is 56.3 Å². The Bertz CT molecular complexity index is 1010. The van der Waals surface area contributed by atoms with Crippen molar-refractivity contribution < 1.29 is 18.0 Å². The highest BCUT2D eigenvalue weighted by Gasteiger charge is 2.28. The van der Waals surface area contributed by atoms with Crippen LogP contribution in [0.15, 0.2) is 54.6 Å². The summed E-state index contributed by atoms with van der Waals surface area (Å²) >= 11 is 0. The molecule has 0 saturated carbocycles. The van der Waals surface area contributed by atoms with Crippen molar-refractivity contribution in [1.82, 2.24) is 10.2 Å². The highest BCUT2D eigenvalue weighted by molar-refractivity contribution is 7.92. The maximum Gasteiger partial charge on any atom is 0.242 e. The van der Waals surface area contributed by atoms with Crippen LogP contribution in [0.25, 0.3) is 0 Å². The summed E-state index contributed by atoms with van der Waals surface area (Å²) in [7, 11) is -1.94. The smallest absolute Gasteiger partial charge is 0.242 e. The van der Waals surface area contributed by atoms with Gasteiger partial charge in [0.05, 0.1) is 11.9 Å². The Hall–Kier alpha value is -2.87. The first-order valence-corrected chi connectivity index (χ1v) is 13.2. The highest BCUT2D eigenvalue weighted by atomic mass is 32.2. The molecule has 0 radical (unpaired) electrons. The fraction of sp³-hybridized carbons (Fsp3) is 0.440. The molecule has 0 aliphatic rings. The fourth-order valence-corrected chi connectivity index (χ4v) is 4.73. The lowest BCUT2D eigenvalue weighted by Gasteiger charge is -2.30. The van der Waals surface area contributed by atoms with Crippen molar-refractivity contribution in [2.75, 3.05) is 24.2 Å². The zero-order valence-corrected chi connectivity index (χ0v) is 20.8. The molecular weight excluding hydrogens is 438 g/mol. The summed E-state index contributed by atoms with van der Waals surface area (Å²) < 4.78 is 26.1. The Morgan fingerprint density at radius 1 is 0.970 bits per heavy atom. The van der Waals surface area contributed by atoms with Gasteiger partial charge in [0, 0.05) is 26.6 Å². The van der Waals surface area contributed by atoms with Crippen molar-refractivity contribution in [3.8, 4) is 0 Å². The Morgan fingerprint density at radius 2 is 1.61 bits per heavy atom. The molecule has 1 atom stereocenters. The summed E-state index contributed by atoms with van der Waals surface area (Å²) in [6.07, 6.45) is 3.01. The summed E-state index contributed by atoms with van der Waals surface area (Å²) in [6.45, 7) is 4.42. The van der Waals surface area contributed by atoms with Gasteiger partial charge >= 0.3 is 0 Å². The average Bonchev–Trinajstić information content (AvgIpc) is 2.81. The minimum atomic E-state index is -3.50. The standard InChI is InChI=1S/C25H35N3O4S/c1-5-20-14-16-22(17-15-20)28(33(4,31)32)18-10-13-24(29)27(23(6-2)25(30)26-3)19-21-11-8-7-9-12-21/h7-9,11-12,14-17,23H,5-6,10,13,18-19H2,1-4H3,(H,26,30)/t23-/m1/s1. The minimum Gasteiger partial charge on any atom is -0.357 e. The first-order chi connectivity index (χ1) is 15.7. The molecule has 2 amide bonds. The van der Waals surface area contributed by atoms with E-state index in [0.717, 1.165) is 17.5 Å². The lowest BCUT2D eigenvalue weighted by atomic mass is 10.1. The number of anilines is 1. The Balaban J connectivity index is 2.15. The number of carbonyl (C=O) groups excluding carboxylic acids is 2. The quantitative estimate of drug-likeness (QED) is 0.512. The van der Waals surface area contributed by atoms with Crippen LogP contribution in [0.3, 0.4) is 0 Å². The van der Waals surface area contributed by atoms with E-state index in [0.29, 0.717) is 25.1 Å². The number of sulfonamides is 1. The van der Waals surface area contributed by atoms with Crippen LogP contribution in [0, 0.1) is 0 Å². The van der Waals surface area contributed by atoms with E-state index in [4.69, 9.17) is 0 Å². The van der Waals surface area contributed by atoms with E-state index < -0.39 is 16.1 Å². The summed E-state index contributed by atoms with van der Waals surface area (Å²) in [5, 5.41) is 2.64. The van der Waals surface area contributed by atoms with E-state index in [-0.39, 0.29) is 24.8 Å². The number of nitrogens with one attached hydrogen (secondary N) is 1. The van der Waals surface area contributed by atoms with Gasteiger partial charge < -0.3 is 10.2 Å². The monoisotopic (exact) mass is 473 g/mol. The summed E-state index contributed by atoms with van der Waals surface area (Å²) in [5.41, 5.74) is 2.64. The van der Waals surface area contributed by atoms with Crippen LogP contribution in [0.4, 0.5) is 5.69 Å². The molecule has 0 heterocycles. The van der Waals surface area contributed by atoms with Crippen LogP contribution in [-0.4, -0.2) is 51.0 Å². The van der Waals surface area contributed by atoms with Crippen LogP contribution in [0.2, 0.25) is 0 Å². The van der Waals surface area contributed by atoms with E-state index >= 15 is 0 Å². The zero-order valence-electron chi connectivity index (χ0n) is 20.0. The lowest BCUT2D eigenvalue weighted by Crippen LogP contribution is -2.48. The number of carbonyl (C=O) groups is 2. The van der Waals surface area contributed by atoms with E-state index in [1.54, 1.807) is 24.1 Å². The van der Waals surface area contributed by atoms with Gasteiger partial charge in [0.1, 0.15) is 6.04 Å². The third-order valence-electron chi connectivity index (χ3n) is 5.61. The minimum absolute atomic E-state index is 0.138. The SMILES string of the molecule is CCc1ccc(N(CCCC(=O)N(Cc2ccccc2)[C@H](CC)C(=O)NC)S(C)(=O)=O)cc1. The van der Waals surface area contributed by atoms with Crippen LogP contribution < -0.4 is 9.62 Å². The van der Waals surface area contributed by atoms with E-state index in [1.165, 1.54) is 10.6 Å². The first kappa shape index (κ1) is 26.4. The molecule has 1 N–H and O–H groups in total. The van der Waals surface area contributed by atoms with E-state index in [2.05, 4.69) is 5.32 Å². The molecule has 0 bridgehead atoms. The van der Waals surface area contributed by atoms with Crippen molar-refractivity contribution >= 4 is 27.5 Å². The van der Waals surface area contributed by atoms with Gasteiger partial charge in [0.2, 0.25) is 21.8 Å². The summed E-state index contributed by atoms with van der Waals surface area (Å²) in [4.78, 5) is 27.2. The number of amides is 2. The Labute approximate surface area is 197 Å². The maximum atomic E-state index is 13.2. The largest absolute Gasteiger partial charge is 0.357 e. The predicted molar refractivity (Wildman–Crippen MR) is 132 cm³/mol. The van der Waals surface area contributed by atoms with Crippen molar-refractivity contribution in [3.63, 3.8) is 0 Å². The van der Waals surface area contributed by atoms with Gasteiger partial charge in [-0.2, -0.15) is 0 Å². The molecule has 0 aliphatic carbocycles. The number of rotatable bonds is 12. The molecule has 8 heteroatoms. The predicted octanol–water partition coefficient (Wildman–Crippen LogP) is 3.35. The molecule has 7 nitrogen and oxygen atoms in total. The molecule has 0 unspecified atom stereocenters. The second kappa shape index (κ2) is 12.4. The van der Waals surface area contributed by atoms with Gasteiger partial charge in [-0.05, 0) is 42.5 Å². The molecule has 0 aliphatic heterocycles.